The summed E-state index contributed by atoms with van der Waals surface area (Å²) in [6.07, 6.45) is 2.08. The third kappa shape index (κ3) is 4.02. The van der Waals surface area contributed by atoms with Crippen molar-refractivity contribution in [2.24, 2.45) is 0 Å². The van der Waals surface area contributed by atoms with Crippen molar-refractivity contribution in [3.8, 4) is 17.0 Å². The van der Waals surface area contributed by atoms with Crippen LogP contribution in [0.15, 0.2) is 48.8 Å². The molecule has 0 amide bonds. The minimum absolute atomic E-state index is 0.00807. The Kier molecular flexibility index (Phi) is 5.46. The van der Waals surface area contributed by atoms with E-state index in [1.165, 1.54) is 17.2 Å². The molecule has 0 bridgehead atoms. The summed E-state index contributed by atoms with van der Waals surface area (Å²) in [5, 5.41) is 6.49. The SMILES string of the molecule is C=C1COc2c(F)cc(-c3nc(Nc4ccc5c(c4)CNCC5)ncc3F)cc2N1C(C)C. The van der Waals surface area contributed by atoms with Crippen LogP contribution in [0, 0.1) is 11.6 Å². The van der Waals surface area contributed by atoms with E-state index in [1.807, 2.05) is 30.9 Å². The summed E-state index contributed by atoms with van der Waals surface area (Å²) in [5.74, 6) is -0.846. The number of hydrogen-bond donors (Lipinski definition) is 2. The molecule has 2 aliphatic heterocycles. The van der Waals surface area contributed by atoms with Crippen LogP contribution in [0.3, 0.4) is 0 Å². The molecule has 0 atom stereocenters. The average molecular weight is 450 g/mol. The van der Waals surface area contributed by atoms with Crippen LogP contribution in [0.2, 0.25) is 0 Å². The third-order valence-corrected chi connectivity index (χ3v) is 5.89. The maximum atomic E-state index is 15.0. The summed E-state index contributed by atoms with van der Waals surface area (Å²) >= 11 is 0. The summed E-state index contributed by atoms with van der Waals surface area (Å²) in [5.41, 5.74) is 4.85. The number of anilines is 3. The molecule has 0 saturated carbocycles. The minimum Gasteiger partial charge on any atom is -0.482 e. The lowest BCUT2D eigenvalue weighted by Crippen LogP contribution is -2.35. The van der Waals surface area contributed by atoms with Gasteiger partial charge in [-0.15, -0.1) is 0 Å². The topological polar surface area (TPSA) is 62.3 Å². The monoisotopic (exact) mass is 449 g/mol. The van der Waals surface area contributed by atoms with E-state index in [0.29, 0.717) is 16.9 Å². The van der Waals surface area contributed by atoms with Crippen LogP contribution in [0.5, 0.6) is 5.75 Å². The zero-order valence-electron chi connectivity index (χ0n) is 18.6. The van der Waals surface area contributed by atoms with Gasteiger partial charge in [-0.05, 0) is 62.2 Å². The Bertz CT molecular complexity index is 1240. The zero-order chi connectivity index (χ0) is 23.1. The average Bonchev–Trinajstić information content (AvgIpc) is 2.79. The number of ether oxygens (including phenoxy) is 1. The molecule has 5 rings (SSSR count). The Morgan fingerprint density at radius 2 is 2.00 bits per heavy atom. The predicted molar refractivity (Wildman–Crippen MR) is 125 cm³/mol. The Balaban J connectivity index is 1.51. The van der Waals surface area contributed by atoms with Gasteiger partial charge in [0.15, 0.2) is 17.4 Å². The fourth-order valence-corrected chi connectivity index (χ4v) is 4.39. The van der Waals surface area contributed by atoms with Gasteiger partial charge in [0.25, 0.3) is 0 Å². The number of nitrogens with zero attached hydrogens (tertiary/aromatic N) is 3. The molecule has 3 aromatic rings. The molecule has 0 fully saturated rings. The van der Waals surface area contributed by atoms with Crippen molar-refractivity contribution in [3.63, 3.8) is 0 Å². The third-order valence-electron chi connectivity index (χ3n) is 5.89. The molecular formula is C25H25F2N5O. The molecule has 2 aromatic carbocycles. The molecule has 0 radical (unpaired) electrons. The summed E-state index contributed by atoms with van der Waals surface area (Å²) < 4.78 is 35.3. The van der Waals surface area contributed by atoms with Crippen molar-refractivity contribution >= 4 is 17.3 Å². The Morgan fingerprint density at radius 1 is 1.15 bits per heavy atom. The number of rotatable bonds is 4. The first-order valence-corrected chi connectivity index (χ1v) is 11.0. The number of benzene rings is 2. The van der Waals surface area contributed by atoms with Crippen molar-refractivity contribution in [1.29, 1.82) is 0 Å². The highest BCUT2D eigenvalue weighted by Crippen LogP contribution is 2.41. The van der Waals surface area contributed by atoms with Crippen molar-refractivity contribution in [3.05, 3.63) is 71.6 Å². The van der Waals surface area contributed by atoms with E-state index in [1.54, 1.807) is 6.07 Å². The van der Waals surface area contributed by atoms with E-state index in [2.05, 4.69) is 33.2 Å². The van der Waals surface area contributed by atoms with Gasteiger partial charge in [0.1, 0.15) is 12.3 Å². The minimum atomic E-state index is -0.638. The van der Waals surface area contributed by atoms with E-state index in [4.69, 9.17) is 4.74 Å². The fourth-order valence-electron chi connectivity index (χ4n) is 4.39. The van der Waals surface area contributed by atoms with Crippen LogP contribution < -0.4 is 20.3 Å². The van der Waals surface area contributed by atoms with E-state index in [0.717, 1.165) is 31.4 Å². The lowest BCUT2D eigenvalue weighted by atomic mass is 10.0. The number of hydrogen-bond acceptors (Lipinski definition) is 6. The number of aromatic nitrogens is 2. The van der Waals surface area contributed by atoms with Gasteiger partial charge in [-0.25, -0.2) is 18.7 Å². The van der Waals surface area contributed by atoms with Crippen LogP contribution in [-0.2, 0) is 13.0 Å². The first kappa shape index (κ1) is 21.3. The molecular weight excluding hydrogens is 424 g/mol. The van der Waals surface area contributed by atoms with Crippen molar-refractivity contribution < 1.29 is 13.5 Å². The highest BCUT2D eigenvalue weighted by atomic mass is 19.1. The van der Waals surface area contributed by atoms with E-state index < -0.39 is 11.6 Å². The van der Waals surface area contributed by atoms with E-state index >= 15 is 0 Å². The molecule has 33 heavy (non-hydrogen) atoms. The number of fused-ring (bicyclic) bond motifs is 2. The number of halogens is 2. The van der Waals surface area contributed by atoms with Gasteiger partial charge in [0.2, 0.25) is 5.95 Å². The smallest absolute Gasteiger partial charge is 0.227 e. The van der Waals surface area contributed by atoms with Gasteiger partial charge < -0.3 is 20.3 Å². The molecule has 0 saturated heterocycles. The Labute approximate surface area is 191 Å². The lowest BCUT2D eigenvalue weighted by molar-refractivity contribution is 0.314. The second-order valence-electron chi connectivity index (χ2n) is 8.55. The molecule has 0 aliphatic carbocycles. The highest BCUT2D eigenvalue weighted by Gasteiger charge is 2.28. The van der Waals surface area contributed by atoms with Gasteiger partial charge in [0.05, 0.1) is 11.9 Å². The molecule has 0 unspecified atom stereocenters. The molecule has 3 heterocycles. The lowest BCUT2D eigenvalue weighted by Gasteiger charge is -2.36. The molecule has 0 spiro atoms. The van der Waals surface area contributed by atoms with E-state index in [9.17, 15) is 8.78 Å². The van der Waals surface area contributed by atoms with Gasteiger partial charge in [-0.1, -0.05) is 12.6 Å². The molecule has 6 nitrogen and oxygen atoms in total. The maximum Gasteiger partial charge on any atom is 0.227 e. The first-order valence-electron chi connectivity index (χ1n) is 11.0. The predicted octanol–water partition coefficient (Wildman–Crippen LogP) is 4.93. The van der Waals surface area contributed by atoms with Crippen molar-refractivity contribution in [2.45, 2.75) is 32.9 Å². The second-order valence-corrected chi connectivity index (χ2v) is 8.55. The van der Waals surface area contributed by atoms with Crippen LogP contribution in [0.1, 0.15) is 25.0 Å². The van der Waals surface area contributed by atoms with Crippen LogP contribution in [-0.4, -0.2) is 29.2 Å². The number of nitrogens with one attached hydrogen (secondary N) is 2. The van der Waals surface area contributed by atoms with Gasteiger partial charge >= 0.3 is 0 Å². The largest absolute Gasteiger partial charge is 0.482 e. The highest BCUT2D eigenvalue weighted by molar-refractivity contribution is 5.75. The Hall–Kier alpha value is -3.52. The van der Waals surface area contributed by atoms with Gasteiger partial charge in [-0.2, -0.15) is 0 Å². The second kappa shape index (κ2) is 8.44. The van der Waals surface area contributed by atoms with Gasteiger partial charge in [-0.3, -0.25) is 0 Å². The van der Waals surface area contributed by atoms with E-state index in [-0.39, 0.29) is 30.0 Å². The standard InChI is InChI=1S/C25H25F2N5O/c1-14(2)32-15(3)13-33-24-20(26)9-17(10-22(24)32)23-21(27)12-29-25(31-23)30-19-5-4-16-6-7-28-11-18(16)8-19/h4-5,8-10,12,14,28H,3,6-7,11,13H2,1-2H3,(H,29,30,31). The van der Waals surface area contributed by atoms with Gasteiger partial charge in [0, 0.05) is 29.5 Å². The Morgan fingerprint density at radius 3 is 2.82 bits per heavy atom. The fraction of sp³-hybridized carbons (Fsp3) is 0.280. The van der Waals surface area contributed by atoms with Crippen LogP contribution in [0.4, 0.5) is 26.1 Å². The zero-order valence-corrected chi connectivity index (χ0v) is 18.6. The molecule has 1 aromatic heterocycles. The first-order chi connectivity index (χ1) is 15.9. The molecule has 8 heteroatoms. The van der Waals surface area contributed by atoms with Crippen molar-refractivity contribution in [1.82, 2.24) is 15.3 Å². The summed E-state index contributed by atoms with van der Waals surface area (Å²) in [6, 6.07) is 9.03. The normalized spacial score (nSPS) is 15.2. The van der Waals surface area contributed by atoms with Crippen molar-refractivity contribution in [2.75, 3.05) is 23.4 Å². The maximum absolute atomic E-state index is 15.0. The summed E-state index contributed by atoms with van der Waals surface area (Å²) in [7, 11) is 0. The molecule has 2 N–H and O–H groups in total. The molecule has 2 aliphatic rings. The molecule has 170 valence electrons. The van der Waals surface area contributed by atoms with Crippen LogP contribution in [0.25, 0.3) is 11.3 Å². The van der Waals surface area contributed by atoms with Crippen LogP contribution >= 0.6 is 0 Å². The summed E-state index contributed by atoms with van der Waals surface area (Å²) in [4.78, 5) is 10.3. The summed E-state index contributed by atoms with van der Waals surface area (Å²) in [6.45, 7) is 9.95. The quantitative estimate of drug-likeness (QED) is 0.589.